The Balaban J connectivity index is 1.50. The predicted octanol–water partition coefficient (Wildman–Crippen LogP) is 3.95. The summed E-state index contributed by atoms with van der Waals surface area (Å²) in [5.74, 6) is -3.01. The summed E-state index contributed by atoms with van der Waals surface area (Å²) >= 11 is 0. The number of rotatable bonds is 8. The summed E-state index contributed by atoms with van der Waals surface area (Å²) in [6.07, 6.45) is 0.938. The topological polar surface area (TPSA) is 75.6 Å². The quantitative estimate of drug-likeness (QED) is 0.685. The molecule has 27 heavy (non-hydrogen) atoms. The van der Waals surface area contributed by atoms with E-state index in [1.165, 1.54) is 12.1 Å². The van der Waals surface area contributed by atoms with Gasteiger partial charge in [-0.3, -0.25) is 9.59 Å². The molecule has 1 aliphatic carbocycles. The number of amides is 1. The van der Waals surface area contributed by atoms with Gasteiger partial charge in [-0.1, -0.05) is 12.1 Å². The number of benzene rings is 2. The molecule has 1 saturated carbocycles. The normalized spacial score (nSPS) is 18.0. The molecule has 0 aliphatic heterocycles. The number of nitrogens with one attached hydrogen (secondary N) is 1. The van der Waals surface area contributed by atoms with Crippen molar-refractivity contribution in [2.24, 2.45) is 5.92 Å². The molecular weight excluding hydrogens is 356 g/mol. The maximum Gasteiger partial charge on any atom is 0.303 e. The summed E-state index contributed by atoms with van der Waals surface area (Å²) in [6.45, 7) is 0.293. The highest BCUT2D eigenvalue weighted by Gasteiger charge is 2.45. The lowest BCUT2D eigenvalue weighted by molar-refractivity contribution is -0.137. The van der Waals surface area contributed by atoms with Crippen LogP contribution in [0.15, 0.2) is 42.5 Å². The van der Waals surface area contributed by atoms with Crippen LogP contribution >= 0.6 is 0 Å². The lowest BCUT2D eigenvalue weighted by Gasteiger charge is -2.08. The van der Waals surface area contributed by atoms with Gasteiger partial charge in [-0.15, -0.1) is 0 Å². The Morgan fingerprint density at radius 3 is 2.59 bits per heavy atom. The Morgan fingerprint density at radius 2 is 1.89 bits per heavy atom. The Hall–Kier alpha value is -2.96. The van der Waals surface area contributed by atoms with E-state index in [-0.39, 0.29) is 29.7 Å². The van der Waals surface area contributed by atoms with Crippen molar-refractivity contribution in [2.75, 3.05) is 11.9 Å². The van der Waals surface area contributed by atoms with Crippen LogP contribution in [0.3, 0.4) is 0 Å². The number of aliphatic carboxylic acids is 1. The van der Waals surface area contributed by atoms with Crippen LogP contribution in [-0.4, -0.2) is 23.6 Å². The summed E-state index contributed by atoms with van der Waals surface area (Å²) in [6, 6.07) is 10.7. The van der Waals surface area contributed by atoms with E-state index in [4.69, 9.17) is 9.84 Å². The van der Waals surface area contributed by atoms with E-state index < -0.39 is 17.6 Å². The van der Waals surface area contributed by atoms with Crippen LogP contribution in [0.4, 0.5) is 14.5 Å². The van der Waals surface area contributed by atoms with E-state index in [0.717, 1.165) is 6.07 Å². The van der Waals surface area contributed by atoms with Crippen molar-refractivity contribution in [1.82, 2.24) is 0 Å². The van der Waals surface area contributed by atoms with Gasteiger partial charge in [0.15, 0.2) is 11.6 Å². The maximum atomic E-state index is 13.8. The molecule has 1 amide bonds. The van der Waals surface area contributed by atoms with Gasteiger partial charge in [0.25, 0.3) is 0 Å². The molecule has 142 valence electrons. The first kappa shape index (κ1) is 18.8. The molecule has 2 aromatic carbocycles. The van der Waals surface area contributed by atoms with E-state index in [2.05, 4.69) is 5.32 Å². The Labute approximate surface area is 155 Å². The fourth-order valence-electron chi connectivity index (χ4n) is 2.92. The van der Waals surface area contributed by atoms with E-state index in [1.54, 1.807) is 24.3 Å². The van der Waals surface area contributed by atoms with Gasteiger partial charge in [0.2, 0.25) is 5.91 Å². The Morgan fingerprint density at radius 1 is 1.15 bits per heavy atom. The number of hydrogen-bond acceptors (Lipinski definition) is 3. The van der Waals surface area contributed by atoms with E-state index in [1.807, 2.05) is 0 Å². The molecular formula is C20H19F2NO4. The third-order valence-corrected chi connectivity index (χ3v) is 4.43. The third kappa shape index (κ3) is 4.81. The Kier molecular flexibility index (Phi) is 5.69. The van der Waals surface area contributed by atoms with Gasteiger partial charge in [-0.25, -0.2) is 8.78 Å². The van der Waals surface area contributed by atoms with Crippen LogP contribution in [0.1, 0.15) is 30.7 Å². The highest BCUT2D eigenvalue weighted by atomic mass is 19.2. The van der Waals surface area contributed by atoms with Gasteiger partial charge < -0.3 is 15.2 Å². The fraction of sp³-hybridized carbons (Fsp3) is 0.300. The minimum atomic E-state index is -0.905. The van der Waals surface area contributed by atoms with E-state index in [0.29, 0.717) is 30.9 Å². The molecule has 0 aromatic heterocycles. The second-order valence-corrected chi connectivity index (χ2v) is 6.45. The first-order valence-electron chi connectivity index (χ1n) is 8.65. The van der Waals surface area contributed by atoms with Crippen molar-refractivity contribution < 1.29 is 28.2 Å². The summed E-state index contributed by atoms with van der Waals surface area (Å²) in [4.78, 5) is 22.7. The monoisotopic (exact) mass is 375 g/mol. The number of carboxylic acid groups (broad SMARTS) is 1. The third-order valence-electron chi connectivity index (χ3n) is 4.43. The highest BCUT2D eigenvalue weighted by molar-refractivity contribution is 5.95. The molecule has 2 N–H and O–H groups in total. The molecule has 2 atom stereocenters. The lowest BCUT2D eigenvalue weighted by atomic mass is 10.1. The van der Waals surface area contributed by atoms with Gasteiger partial charge in [-0.05, 0) is 54.7 Å². The molecule has 7 heteroatoms. The second kappa shape index (κ2) is 8.16. The van der Waals surface area contributed by atoms with Gasteiger partial charge >= 0.3 is 5.97 Å². The first-order valence-corrected chi connectivity index (χ1v) is 8.65. The first-order chi connectivity index (χ1) is 13.0. The molecule has 2 unspecified atom stereocenters. The standard InChI is InChI=1S/C20H19F2NO4/c21-17-4-1-3-14(19(17)22)15-11-16(15)20(26)23-12-6-8-13(9-7-12)27-10-2-5-18(24)25/h1,3-4,6-9,15-16H,2,5,10-11H2,(H,23,26)(H,24,25). The zero-order valence-corrected chi connectivity index (χ0v) is 14.5. The van der Waals surface area contributed by atoms with Crippen LogP contribution in [0.25, 0.3) is 0 Å². The summed E-state index contributed by atoms with van der Waals surface area (Å²) in [5, 5.41) is 11.3. The van der Waals surface area contributed by atoms with Crippen molar-refractivity contribution in [2.45, 2.75) is 25.2 Å². The van der Waals surface area contributed by atoms with Crippen molar-refractivity contribution >= 4 is 17.6 Å². The molecule has 1 fully saturated rings. The minimum Gasteiger partial charge on any atom is -0.494 e. The molecule has 0 bridgehead atoms. The average Bonchev–Trinajstić information content (AvgIpc) is 3.43. The number of ether oxygens (including phenoxy) is 1. The predicted molar refractivity (Wildman–Crippen MR) is 94.6 cm³/mol. The lowest BCUT2D eigenvalue weighted by Crippen LogP contribution is -2.14. The second-order valence-electron chi connectivity index (χ2n) is 6.45. The summed E-state index contributed by atoms with van der Waals surface area (Å²) < 4.78 is 32.6. The molecule has 1 aliphatic rings. The molecule has 0 saturated heterocycles. The van der Waals surface area contributed by atoms with Crippen molar-refractivity contribution in [3.05, 3.63) is 59.7 Å². The number of hydrogen-bond donors (Lipinski definition) is 2. The molecule has 2 aromatic rings. The number of halogens is 2. The largest absolute Gasteiger partial charge is 0.494 e. The van der Waals surface area contributed by atoms with Crippen molar-refractivity contribution in [3.8, 4) is 5.75 Å². The highest BCUT2D eigenvalue weighted by Crippen LogP contribution is 2.49. The molecule has 0 spiro atoms. The number of carbonyl (C=O) groups is 2. The van der Waals surface area contributed by atoms with Crippen LogP contribution in [0.5, 0.6) is 5.75 Å². The van der Waals surface area contributed by atoms with Crippen molar-refractivity contribution in [1.29, 1.82) is 0 Å². The van der Waals surface area contributed by atoms with Crippen LogP contribution in [0.2, 0.25) is 0 Å². The summed E-state index contributed by atoms with van der Waals surface area (Å²) in [5.41, 5.74) is 0.809. The van der Waals surface area contributed by atoms with Gasteiger partial charge in [-0.2, -0.15) is 0 Å². The number of carboxylic acids is 1. The summed E-state index contributed by atoms with van der Waals surface area (Å²) in [7, 11) is 0. The molecule has 0 radical (unpaired) electrons. The molecule has 0 heterocycles. The van der Waals surface area contributed by atoms with Gasteiger partial charge in [0, 0.05) is 18.0 Å². The number of carbonyl (C=O) groups excluding carboxylic acids is 1. The molecule has 3 rings (SSSR count). The zero-order valence-electron chi connectivity index (χ0n) is 14.5. The average molecular weight is 375 g/mol. The van der Waals surface area contributed by atoms with E-state index >= 15 is 0 Å². The minimum absolute atomic E-state index is 0.0443. The van der Waals surface area contributed by atoms with Crippen molar-refractivity contribution in [3.63, 3.8) is 0 Å². The smallest absolute Gasteiger partial charge is 0.303 e. The molecule has 5 nitrogen and oxygen atoms in total. The van der Waals surface area contributed by atoms with Gasteiger partial charge in [0.1, 0.15) is 5.75 Å². The number of anilines is 1. The van der Waals surface area contributed by atoms with E-state index in [9.17, 15) is 18.4 Å². The van der Waals surface area contributed by atoms with Crippen LogP contribution in [-0.2, 0) is 9.59 Å². The maximum absolute atomic E-state index is 13.8. The van der Waals surface area contributed by atoms with Crippen LogP contribution in [0, 0.1) is 17.6 Å². The Bertz CT molecular complexity index is 838. The van der Waals surface area contributed by atoms with Gasteiger partial charge in [0.05, 0.1) is 6.61 Å². The fourth-order valence-corrected chi connectivity index (χ4v) is 2.92. The SMILES string of the molecule is O=C(O)CCCOc1ccc(NC(=O)C2CC2c2cccc(F)c2F)cc1. The van der Waals surface area contributed by atoms with Crippen LogP contribution < -0.4 is 10.1 Å². The zero-order chi connectivity index (χ0) is 19.4.